The molecule has 3 heteroatoms. The molecular weight excluding hydrogens is 227 g/mol. The quantitative estimate of drug-likeness (QED) is 0.769. The van der Waals surface area contributed by atoms with Gasteiger partial charge in [0.1, 0.15) is 11.6 Å². The van der Waals surface area contributed by atoms with Crippen molar-refractivity contribution in [2.75, 3.05) is 0 Å². The zero-order chi connectivity index (χ0) is 11.5. The molecule has 0 heterocycles. The summed E-state index contributed by atoms with van der Waals surface area (Å²) in [5, 5.41) is 0.497. The Morgan fingerprint density at radius 2 is 2.00 bits per heavy atom. The molecule has 0 saturated heterocycles. The van der Waals surface area contributed by atoms with Crippen LogP contribution in [0.5, 0.6) is 0 Å². The zero-order valence-electron chi connectivity index (χ0n) is 9.01. The third kappa shape index (κ3) is 2.82. The fourth-order valence-electron chi connectivity index (χ4n) is 2.20. The Labute approximate surface area is 99.6 Å². The first kappa shape index (κ1) is 11.6. The van der Waals surface area contributed by atoms with Crippen molar-refractivity contribution in [1.29, 1.82) is 0 Å². The van der Waals surface area contributed by atoms with E-state index in [0.717, 1.165) is 24.8 Å². The highest BCUT2D eigenvalue weighted by molar-refractivity contribution is 6.31. The third-order valence-corrected chi connectivity index (χ3v) is 3.54. The number of hydrogen-bond donors (Lipinski definition) is 0. The molecule has 1 aliphatic rings. The Kier molecular flexibility index (Phi) is 3.59. The largest absolute Gasteiger partial charge is 0.300 e. The van der Waals surface area contributed by atoms with Gasteiger partial charge in [0.15, 0.2) is 0 Å². The predicted octanol–water partition coefficient (Wildman–Crippen LogP) is 3.78. The fraction of sp³-hybridized carbons (Fsp3) is 0.462. The minimum Gasteiger partial charge on any atom is -0.300 e. The Morgan fingerprint density at radius 1 is 1.31 bits per heavy atom. The first-order chi connectivity index (χ1) is 7.65. The molecular formula is C13H14ClFO. The van der Waals surface area contributed by atoms with Crippen LogP contribution >= 0.6 is 11.6 Å². The third-order valence-electron chi connectivity index (χ3n) is 3.19. The monoisotopic (exact) mass is 240 g/mol. The summed E-state index contributed by atoms with van der Waals surface area (Å²) in [6.45, 7) is 0. The van der Waals surface area contributed by atoms with Gasteiger partial charge in [-0.1, -0.05) is 17.7 Å². The van der Waals surface area contributed by atoms with Crippen LogP contribution in [-0.4, -0.2) is 5.78 Å². The van der Waals surface area contributed by atoms with Gasteiger partial charge in [-0.3, -0.25) is 4.79 Å². The Hall–Kier alpha value is -0.890. The van der Waals surface area contributed by atoms with Crippen LogP contribution in [-0.2, 0) is 11.2 Å². The van der Waals surface area contributed by atoms with E-state index in [-0.39, 0.29) is 5.82 Å². The first-order valence-corrected chi connectivity index (χ1v) is 5.98. The van der Waals surface area contributed by atoms with Crippen LogP contribution in [0.2, 0.25) is 5.02 Å². The summed E-state index contributed by atoms with van der Waals surface area (Å²) in [6.07, 6.45) is 4.10. The number of ketones is 1. The molecule has 2 rings (SSSR count). The van der Waals surface area contributed by atoms with Crippen LogP contribution in [0.1, 0.15) is 31.2 Å². The summed E-state index contributed by atoms with van der Waals surface area (Å²) >= 11 is 5.97. The Balaban J connectivity index is 2.01. The molecule has 0 atom stereocenters. The zero-order valence-corrected chi connectivity index (χ0v) is 9.77. The van der Waals surface area contributed by atoms with Crippen molar-refractivity contribution in [2.24, 2.45) is 5.92 Å². The molecule has 1 saturated carbocycles. The van der Waals surface area contributed by atoms with Gasteiger partial charge in [-0.05, 0) is 42.9 Å². The van der Waals surface area contributed by atoms with Crippen molar-refractivity contribution in [2.45, 2.75) is 32.1 Å². The molecule has 0 unspecified atom stereocenters. The maximum atomic E-state index is 12.8. The van der Waals surface area contributed by atoms with E-state index in [4.69, 9.17) is 11.6 Å². The Morgan fingerprint density at radius 3 is 2.62 bits per heavy atom. The van der Waals surface area contributed by atoms with Gasteiger partial charge in [-0.2, -0.15) is 0 Å². The lowest BCUT2D eigenvalue weighted by atomic mass is 9.84. The average molecular weight is 241 g/mol. The topological polar surface area (TPSA) is 17.1 Å². The summed E-state index contributed by atoms with van der Waals surface area (Å²) in [5.41, 5.74) is 0.988. The highest BCUT2D eigenvalue weighted by Crippen LogP contribution is 2.28. The lowest BCUT2D eigenvalue weighted by molar-refractivity contribution is -0.120. The van der Waals surface area contributed by atoms with Crippen molar-refractivity contribution in [3.63, 3.8) is 0 Å². The van der Waals surface area contributed by atoms with Crippen molar-refractivity contribution in [3.8, 4) is 0 Å². The molecule has 1 aromatic rings. The molecule has 1 fully saturated rings. The summed E-state index contributed by atoms with van der Waals surface area (Å²) in [7, 11) is 0. The molecule has 0 radical (unpaired) electrons. The number of Topliss-reactive ketones (excluding diaryl/α,β-unsaturated/α-hetero) is 1. The highest BCUT2D eigenvalue weighted by Gasteiger charge is 2.19. The fourth-order valence-corrected chi connectivity index (χ4v) is 2.45. The second-order valence-electron chi connectivity index (χ2n) is 4.42. The predicted molar refractivity (Wildman–Crippen MR) is 62.1 cm³/mol. The van der Waals surface area contributed by atoms with Crippen LogP contribution in [0, 0.1) is 11.7 Å². The van der Waals surface area contributed by atoms with Crippen LogP contribution in [0.4, 0.5) is 4.39 Å². The number of halogens is 2. The molecule has 0 amide bonds. The van der Waals surface area contributed by atoms with Crippen LogP contribution in [0.15, 0.2) is 18.2 Å². The van der Waals surface area contributed by atoms with Crippen LogP contribution in [0.25, 0.3) is 0 Å². The number of carbonyl (C=O) groups excluding carboxylic acids is 1. The van der Waals surface area contributed by atoms with E-state index in [9.17, 15) is 9.18 Å². The molecule has 86 valence electrons. The highest BCUT2D eigenvalue weighted by atomic mass is 35.5. The van der Waals surface area contributed by atoms with E-state index in [1.54, 1.807) is 6.07 Å². The van der Waals surface area contributed by atoms with E-state index in [1.165, 1.54) is 12.1 Å². The van der Waals surface area contributed by atoms with Gasteiger partial charge in [0, 0.05) is 17.9 Å². The van der Waals surface area contributed by atoms with E-state index >= 15 is 0 Å². The molecule has 1 nitrogen and oxygen atoms in total. The summed E-state index contributed by atoms with van der Waals surface area (Å²) in [5.74, 6) is 0.578. The van der Waals surface area contributed by atoms with Crippen LogP contribution < -0.4 is 0 Å². The second-order valence-corrected chi connectivity index (χ2v) is 4.83. The maximum Gasteiger partial charge on any atom is 0.132 e. The summed E-state index contributed by atoms with van der Waals surface area (Å²) in [6, 6.07) is 4.54. The summed E-state index contributed by atoms with van der Waals surface area (Å²) in [4.78, 5) is 11.1. The maximum absolute atomic E-state index is 12.8. The van der Waals surface area contributed by atoms with E-state index < -0.39 is 0 Å². The van der Waals surface area contributed by atoms with Gasteiger partial charge in [0.05, 0.1) is 0 Å². The minimum atomic E-state index is -0.299. The van der Waals surface area contributed by atoms with Gasteiger partial charge < -0.3 is 0 Å². The Bertz CT molecular complexity index is 393. The lowest BCUT2D eigenvalue weighted by Crippen LogP contribution is -2.15. The smallest absolute Gasteiger partial charge is 0.132 e. The van der Waals surface area contributed by atoms with Gasteiger partial charge in [-0.15, -0.1) is 0 Å². The molecule has 0 bridgehead atoms. The summed E-state index contributed by atoms with van der Waals surface area (Å²) < 4.78 is 12.8. The van der Waals surface area contributed by atoms with Crippen molar-refractivity contribution >= 4 is 17.4 Å². The number of hydrogen-bond acceptors (Lipinski definition) is 1. The standard InChI is InChI=1S/C13H14ClFO/c14-13-8-11(15)4-3-10(13)7-9-1-5-12(16)6-2-9/h3-4,8-9H,1-2,5-7H2. The number of rotatable bonds is 2. The van der Waals surface area contributed by atoms with E-state index in [1.807, 2.05) is 0 Å². The van der Waals surface area contributed by atoms with Gasteiger partial charge in [0.25, 0.3) is 0 Å². The normalized spacial score (nSPS) is 17.8. The first-order valence-electron chi connectivity index (χ1n) is 5.61. The van der Waals surface area contributed by atoms with Crippen LogP contribution in [0.3, 0.4) is 0 Å². The molecule has 0 spiro atoms. The van der Waals surface area contributed by atoms with Gasteiger partial charge in [0.2, 0.25) is 0 Å². The molecule has 1 aromatic carbocycles. The van der Waals surface area contributed by atoms with E-state index in [0.29, 0.717) is 29.6 Å². The molecule has 16 heavy (non-hydrogen) atoms. The van der Waals surface area contributed by atoms with Crippen molar-refractivity contribution < 1.29 is 9.18 Å². The van der Waals surface area contributed by atoms with Gasteiger partial charge >= 0.3 is 0 Å². The molecule has 1 aliphatic carbocycles. The number of benzene rings is 1. The lowest BCUT2D eigenvalue weighted by Gasteiger charge is -2.21. The van der Waals surface area contributed by atoms with Crippen molar-refractivity contribution in [3.05, 3.63) is 34.6 Å². The number of carbonyl (C=O) groups is 1. The SMILES string of the molecule is O=C1CCC(Cc2ccc(F)cc2Cl)CC1. The molecule has 0 N–H and O–H groups in total. The van der Waals surface area contributed by atoms with E-state index in [2.05, 4.69) is 0 Å². The van der Waals surface area contributed by atoms with Crippen molar-refractivity contribution in [1.82, 2.24) is 0 Å². The second kappa shape index (κ2) is 4.96. The molecule has 0 aliphatic heterocycles. The average Bonchev–Trinajstić information content (AvgIpc) is 2.25. The minimum absolute atomic E-state index is 0.299. The van der Waals surface area contributed by atoms with Gasteiger partial charge in [-0.25, -0.2) is 4.39 Å². The molecule has 0 aromatic heterocycles.